The van der Waals surface area contributed by atoms with E-state index < -0.39 is 58.4 Å². The van der Waals surface area contributed by atoms with Crippen LogP contribution >= 0.6 is 0 Å². The van der Waals surface area contributed by atoms with Gasteiger partial charge >= 0.3 is 0 Å². The third-order valence-electron chi connectivity index (χ3n) is 5.54. The molecule has 2 aromatic rings. The van der Waals surface area contributed by atoms with Crippen LogP contribution < -0.4 is 10.5 Å². The van der Waals surface area contributed by atoms with E-state index in [9.17, 15) is 30.4 Å². The molecule has 176 valence electrons. The molecule has 1 heterocycles. The molecule has 3 N–H and O–H groups in total. The van der Waals surface area contributed by atoms with Crippen LogP contribution in [-0.2, 0) is 16.4 Å². The van der Waals surface area contributed by atoms with Gasteiger partial charge in [-0.25, -0.2) is 35.1 Å². The number of benzene rings is 2. The van der Waals surface area contributed by atoms with E-state index in [0.29, 0.717) is 19.4 Å². The van der Waals surface area contributed by atoms with Crippen LogP contribution in [0.1, 0.15) is 18.4 Å². The summed E-state index contributed by atoms with van der Waals surface area (Å²) in [6.45, 7) is -0.531. The van der Waals surface area contributed by atoms with Gasteiger partial charge in [0.05, 0.1) is 17.5 Å². The number of alkyl halides is 2. The molecule has 0 saturated carbocycles. The van der Waals surface area contributed by atoms with Crippen molar-refractivity contribution in [2.24, 2.45) is 5.73 Å². The third kappa shape index (κ3) is 6.03. The minimum absolute atomic E-state index is 0.108. The van der Waals surface area contributed by atoms with Crippen molar-refractivity contribution in [1.29, 1.82) is 0 Å². The van der Waals surface area contributed by atoms with Crippen molar-refractivity contribution < 1.29 is 30.4 Å². The molecule has 2 atom stereocenters. The van der Waals surface area contributed by atoms with Crippen LogP contribution in [0.2, 0.25) is 0 Å². The Balaban J connectivity index is 1.61. The van der Waals surface area contributed by atoms with Crippen molar-refractivity contribution in [3.05, 3.63) is 65.5 Å². The molecule has 1 saturated heterocycles. The SMILES string of the molecule is N[C@H](Cc1cc(F)ccc1F)C(F)(F)CN1CCCC1CNS(=O)(=O)c1ccc(F)cc1. The van der Waals surface area contributed by atoms with Gasteiger partial charge in [0.15, 0.2) is 0 Å². The summed E-state index contributed by atoms with van der Waals surface area (Å²) in [5.41, 5.74) is 5.42. The fourth-order valence-electron chi connectivity index (χ4n) is 3.71. The average molecular weight is 477 g/mol. The molecular formula is C21H24F5N3O2S. The van der Waals surface area contributed by atoms with Gasteiger partial charge in [-0.05, 0) is 73.8 Å². The summed E-state index contributed by atoms with van der Waals surface area (Å²) in [4.78, 5) is 1.31. The number of hydrogen-bond donors (Lipinski definition) is 2. The van der Waals surface area contributed by atoms with Crippen molar-refractivity contribution in [3.8, 4) is 0 Å². The first kappa shape index (κ1) is 24.6. The van der Waals surface area contributed by atoms with Crippen LogP contribution in [0.25, 0.3) is 0 Å². The Morgan fingerprint density at radius 3 is 2.44 bits per heavy atom. The Morgan fingerprint density at radius 1 is 1.09 bits per heavy atom. The number of hydrogen-bond acceptors (Lipinski definition) is 4. The summed E-state index contributed by atoms with van der Waals surface area (Å²) in [6.07, 6.45) is 0.537. The maximum absolute atomic E-state index is 14.8. The zero-order chi connectivity index (χ0) is 23.5. The van der Waals surface area contributed by atoms with Crippen LogP contribution in [0.3, 0.4) is 0 Å². The van der Waals surface area contributed by atoms with Crippen LogP contribution in [0.5, 0.6) is 0 Å². The van der Waals surface area contributed by atoms with Crippen LogP contribution in [0, 0.1) is 17.5 Å². The second kappa shape index (κ2) is 9.82. The van der Waals surface area contributed by atoms with E-state index in [0.717, 1.165) is 42.5 Å². The topological polar surface area (TPSA) is 75.4 Å². The summed E-state index contributed by atoms with van der Waals surface area (Å²) < 4.78 is 96.8. The van der Waals surface area contributed by atoms with Crippen molar-refractivity contribution >= 4 is 10.0 Å². The summed E-state index contributed by atoms with van der Waals surface area (Å²) in [6, 6.07) is 4.60. The minimum Gasteiger partial charge on any atom is -0.322 e. The van der Waals surface area contributed by atoms with E-state index in [-0.39, 0.29) is 17.0 Å². The second-order valence-electron chi connectivity index (χ2n) is 7.88. The number of halogens is 5. The lowest BCUT2D eigenvalue weighted by atomic mass is 10.00. The fourth-order valence-corrected chi connectivity index (χ4v) is 4.78. The van der Waals surface area contributed by atoms with E-state index in [1.807, 2.05) is 0 Å². The van der Waals surface area contributed by atoms with Gasteiger partial charge < -0.3 is 5.73 Å². The number of nitrogens with one attached hydrogen (secondary N) is 1. The molecule has 0 spiro atoms. The Hall–Kier alpha value is -2.08. The number of sulfonamides is 1. The minimum atomic E-state index is -3.93. The van der Waals surface area contributed by atoms with Crippen molar-refractivity contribution in [1.82, 2.24) is 9.62 Å². The first-order valence-electron chi connectivity index (χ1n) is 10.0. The smallest absolute Gasteiger partial charge is 0.275 e. The molecular weight excluding hydrogens is 453 g/mol. The van der Waals surface area contributed by atoms with Crippen LogP contribution in [0.4, 0.5) is 22.0 Å². The normalized spacial score (nSPS) is 18.8. The molecule has 11 heteroatoms. The lowest BCUT2D eigenvalue weighted by Gasteiger charge is -2.32. The predicted molar refractivity (Wildman–Crippen MR) is 109 cm³/mol. The molecule has 3 rings (SSSR count). The Kier molecular flexibility index (Phi) is 7.53. The molecule has 0 aliphatic carbocycles. The first-order valence-corrected chi connectivity index (χ1v) is 11.5. The van der Waals surface area contributed by atoms with Gasteiger partial charge in [-0.2, -0.15) is 0 Å². The Bertz CT molecular complexity index is 1030. The van der Waals surface area contributed by atoms with Crippen LogP contribution in [-0.4, -0.2) is 51.0 Å². The average Bonchev–Trinajstić information content (AvgIpc) is 3.16. The summed E-state index contributed by atoms with van der Waals surface area (Å²) in [5.74, 6) is -5.56. The number of nitrogens with zero attached hydrogens (tertiary/aromatic N) is 1. The molecule has 32 heavy (non-hydrogen) atoms. The largest absolute Gasteiger partial charge is 0.322 e. The summed E-state index contributed by atoms with van der Waals surface area (Å²) in [5, 5.41) is 0. The number of nitrogens with two attached hydrogens (primary N) is 1. The molecule has 1 unspecified atom stereocenters. The zero-order valence-electron chi connectivity index (χ0n) is 17.1. The monoisotopic (exact) mass is 477 g/mol. The summed E-state index contributed by atoms with van der Waals surface area (Å²) in [7, 11) is -3.93. The van der Waals surface area contributed by atoms with Crippen molar-refractivity contribution in [2.75, 3.05) is 19.6 Å². The van der Waals surface area contributed by atoms with Crippen molar-refractivity contribution in [3.63, 3.8) is 0 Å². The maximum atomic E-state index is 14.8. The molecule has 1 aliphatic heterocycles. The van der Waals surface area contributed by atoms with Crippen LogP contribution in [0.15, 0.2) is 47.4 Å². The number of rotatable bonds is 9. The predicted octanol–water partition coefficient (Wildman–Crippen LogP) is 3.05. The molecule has 0 radical (unpaired) electrons. The Morgan fingerprint density at radius 2 is 1.75 bits per heavy atom. The lowest BCUT2D eigenvalue weighted by Crippen LogP contribution is -2.52. The van der Waals surface area contributed by atoms with E-state index in [1.165, 1.54) is 4.90 Å². The fraction of sp³-hybridized carbons (Fsp3) is 0.429. The van der Waals surface area contributed by atoms with Gasteiger partial charge in [-0.3, -0.25) is 4.90 Å². The summed E-state index contributed by atoms with van der Waals surface area (Å²) >= 11 is 0. The highest BCUT2D eigenvalue weighted by molar-refractivity contribution is 7.89. The van der Waals surface area contributed by atoms with Gasteiger partial charge in [0.2, 0.25) is 10.0 Å². The highest BCUT2D eigenvalue weighted by atomic mass is 32.2. The quantitative estimate of drug-likeness (QED) is 0.545. The van der Waals surface area contributed by atoms with Gasteiger partial charge in [-0.1, -0.05) is 0 Å². The first-order chi connectivity index (χ1) is 15.0. The molecule has 0 bridgehead atoms. The maximum Gasteiger partial charge on any atom is 0.275 e. The zero-order valence-corrected chi connectivity index (χ0v) is 17.9. The van der Waals surface area contributed by atoms with Gasteiger partial charge in [0.25, 0.3) is 5.92 Å². The molecule has 1 fully saturated rings. The molecule has 5 nitrogen and oxygen atoms in total. The second-order valence-corrected chi connectivity index (χ2v) is 9.65. The molecule has 0 amide bonds. The van der Waals surface area contributed by atoms with Gasteiger partial charge in [-0.15, -0.1) is 0 Å². The van der Waals surface area contributed by atoms with Gasteiger partial charge in [0, 0.05) is 12.6 Å². The highest BCUT2D eigenvalue weighted by Gasteiger charge is 2.42. The lowest BCUT2D eigenvalue weighted by molar-refractivity contribution is -0.0558. The standard InChI is InChI=1S/C21H24F5N3O2S/c22-15-3-6-18(7-4-15)32(30,31)28-12-17-2-1-9-29(17)13-21(25,26)20(27)11-14-10-16(23)5-8-19(14)24/h3-8,10,17,20,28H,1-2,9,11-13,27H2/t17?,20-/m1/s1. The number of likely N-dealkylation sites (tertiary alicyclic amines) is 1. The van der Waals surface area contributed by atoms with Gasteiger partial charge in [0.1, 0.15) is 17.5 Å². The van der Waals surface area contributed by atoms with E-state index >= 15 is 0 Å². The highest BCUT2D eigenvalue weighted by Crippen LogP contribution is 2.27. The third-order valence-corrected chi connectivity index (χ3v) is 6.98. The Labute approximate surface area is 183 Å². The van der Waals surface area contributed by atoms with E-state index in [4.69, 9.17) is 5.73 Å². The molecule has 2 aromatic carbocycles. The molecule has 0 aromatic heterocycles. The van der Waals surface area contributed by atoms with E-state index in [1.54, 1.807) is 0 Å². The molecule has 1 aliphatic rings. The van der Waals surface area contributed by atoms with Crippen molar-refractivity contribution in [2.45, 2.75) is 42.2 Å². The van der Waals surface area contributed by atoms with E-state index in [2.05, 4.69) is 4.72 Å².